The Morgan fingerprint density at radius 3 is 2.41 bits per heavy atom. The monoisotopic (exact) mass is 401 g/mol. The first-order valence-corrected chi connectivity index (χ1v) is 11.1. The molecule has 2 aromatic carbocycles. The van der Waals surface area contributed by atoms with Crippen LogP contribution in [-0.2, 0) is 17.1 Å². The van der Waals surface area contributed by atoms with Crippen molar-refractivity contribution in [3.63, 3.8) is 0 Å². The molecule has 142 valence electrons. The summed E-state index contributed by atoms with van der Waals surface area (Å²) in [4.78, 5) is 5.84. The Hall–Kier alpha value is -2.22. The first-order chi connectivity index (χ1) is 13.0. The van der Waals surface area contributed by atoms with E-state index < -0.39 is 10.0 Å². The lowest BCUT2D eigenvalue weighted by atomic mass is 10.2. The van der Waals surface area contributed by atoms with Crippen molar-refractivity contribution in [2.45, 2.75) is 18.7 Å². The summed E-state index contributed by atoms with van der Waals surface area (Å²) in [5.41, 5.74) is 2.68. The lowest BCUT2D eigenvalue weighted by molar-refractivity contribution is 0.445. The van der Waals surface area contributed by atoms with E-state index in [0.29, 0.717) is 18.0 Å². The molecule has 0 aliphatic heterocycles. The largest absolute Gasteiger partial charge is 0.320 e. The molecule has 3 rings (SSSR count). The van der Waals surface area contributed by atoms with Gasteiger partial charge < -0.3 is 4.57 Å². The van der Waals surface area contributed by atoms with Gasteiger partial charge in [-0.15, -0.1) is 11.3 Å². The zero-order chi connectivity index (χ0) is 19.4. The van der Waals surface area contributed by atoms with E-state index >= 15 is 0 Å². The average Bonchev–Trinajstić information content (AvgIpc) is 3.04. The molecule has 3 aromatic rings. The number of rotatable bonds is 6. The molecule has 0 aliphatic rings. The second-order valence-corrected chi connectivity index (χ2v) is 8.80. The summed E-state index contributed by atoms with van der Waals surface area (Å²) in [6, 6.07) is 16.9. The Balaban J connectivity index is 2.03. The second kappa shape index (κ2) is 8.21. The molecule has 0 radical (unpaired) electrons. The summed E-state index contributed by atoms with van der Waals surface area (Å²) in [7, 11) is -1.54. The maximum atomic E-state index is 12.8. The molecular formula is C20H23N3O2S2. The third-order valence-corrected chi connectivity index (χ3v) is 7.34. The van der Waals surface area contributed by atoms with Crippen LogP contribution >= 0.6 is 11.3 Å². The van der Waals surface area contributed by atoms with Gasteiger partial charge in [0.25, 0.3) is 0 Å². The van der Waals surface area contributed by atoms with Crippen LogP contribution in [0.4, 0.5) is 5.69 Å². The summed E-state index contributed by atoms with van der Waals surface area (Å²) >= 11 is 1.53. The van der Waals surface area contributed by atoms with Gasteiger partial charge in [-0.25, -0.2) is 13.4 Å². The zero-order valence-electron chi connectivity index (χ0n) is 15.7. The highest BCUT2D eigenvalue weighted by atomic mass is 32.2. The minimum Gasteiger partial charge on any atom is -0.320 e. The van der Waals surface area contributed by atoms with Gasteiger partial charge in [0.05, 0.1) is 16.3 Å². The summed E-state index contributed by atoms with van der Waals surface area (Å²) < 4.78 is 29.1. The van der Waals surface area contributed by atoms with Crippen LogP contribution in [0, 0.1) is 0 Å². The summed E-state index contributed by atoms with van der Waals surface area (Å²) in [5.74, 6) is 0. The Morgan fingerprint density at radius 1 is 1.04 bits per heavy atom. The fraction of sp³-hybridized carbons (Fsp3) is 0.250. The Kier molecular flexibility index (Phi) is 5.94. The number of hydrogen-bond acceptors (Lipinski definition) is 4. The van der Waals surface area contributed by atoms with E-state index in [4.69, 9.17) is 0 Å². The number of nitrogens with zero attached hydrogens (tertiary/aromatic N) is 3. The van der Waals surface area contributed by atoms with Crippen molar-refractivity contribution in [2.75, 3.05) is 13.1 Å². The molecule has 1 heterocycles. The predicted molar refractivity (Wildman–Crippen MR) is 110 cm³/mol. The average molecular weight is 402 g/mol. The van der Waals surface area contributed by atoms with Crippen LogP contribution < -0.4 is 4.80 Å². The molecule has 27 heavy (non-hydrogen) atoms. The smallest absolute Gasteiger partial charge is 0.243 e. The van der Waals surface area contributed by atoms with Gasteiger partial charge in [0.15, 0.2) is 4.80 Å². The van der Waals surface area contributed by atoms with Crippen LogP contribution in [0.2, 0.25) is 0 Å². The van der Waals surface area contributed by atoms with Gasteiger partial charge in [-0.1, -0.05) is 44.2 Å². The molecule has 0 bridgehead atoms. The molecule has 0 saturated heterocycles. The first-order valence-electron chi connectivity index (χ1n) is 8.82. The van der Waals surface area contributed by atoms with Crippen molar-refractivity contribution in [3.8, 4) is 11.3 Å². The van der Waals surface area contributed by atoms with Crippen molar-refractivity contribution in [1.29, 1.82) is 0 Å². The molecule has 0 fully saturated rings. The molecule has 7 heteroatoms. The van der Waals surface area contributed by atoms with E-state index in [1.807, 2.05) is 67.2 Å². The minimum absolute atomic E-state index is 0.316. The van der Waals surface area contributed by atoms with Gasteiger partial charge in [0, 0.05) is 31.1 Å². The second-order valence-electron chi connectivity index (χ2n) is 6.03. The minimum atomic E-state index is -3.48. The molecule has 0 saturated carbocycles. The molecule has 1 aromatic heterocycles. The van der Waals surface area contributed by atoms with E-state index in [1.165, 1.54) is 15.6 Å². The van der Waals surface area contributed by atoms with E-state index in [-0.39, 0.29) is 0 Å². The number of benzene rings is 2. The topological polar surface area (TPSA) is 54.7 Å². The zero-order valence-corrected chi connectivity index (χ0v) is 17.3. The maximum Gasteiger partial charge on any atom is 0.243 e. The van der Waals surface area contributed by atoms with Crippen LogP contribution in [0.5, 0.6) is 0 Å². The fourth-order valence-corrected chi connectivity index (χ4v) is 5.30. The molecule has 0 N–H and O–H groups in total. The highest BCUT2D eigenvalue weighted by molar-refractivity contribution is 7.89. The third-order valence-electron chi connectivity index (χ3n) is 4.38. The molecular weight excluding hydrogens is 378 g/mol. The third kappa shape index (κ3) is 4.05. The van der Waals surface area contributed by atoms with E-state index in [0.717, 1.165) is 21.7 Å². The van der Waals surface area contributed by atoms with Crippen LogP contribution in [-0.4, -0.2) is 30.4 Å². The number of aromatic nitrogens is 1. The molecule has 0 spiro atoms. The highest BCUT2D eigenvalue weighted by Gasteiger charge is 2.22. The van der Waals surface area contributed by atoms with Crippen molar-refractivity contribution in [3.05, 3.63) is 64.8 Å². The summed E-state index contributed by atoms with van der Waals surface area (Å²) in [5, 5.41) is 2.00. The molecule has 0 atom stereocenters. The summed E-state index contributed by atoms with van der Waals surface area (Å²) in [6.45, 7) is 4.60. The molecule has 0 aliphatic carbocycles. The SMILES string of the molecule is CCN(CC)S(=O)(=O)c1cccc(-c2csc(=Nc3ccccc3)n2C)c1. The van der Waals surface area contributed by atoms with Gasteiger partial charge in [-0.2, -0.15) is 4.31 Å². The van der Waals surface area contributed by atoms with Gasteiger partial charge in [0.2, 0.25) is 10.0 Å². The van der Waals surface area contributed by atoms with Crippen LogP contribution in [0.15, 0.2) is 69.9 Å². The normalized spacial score (nSPS) is 12.7. The van der Waals surface area contributed by atoms with Crippen molar-refractivity contribution in [1.82, 2.24) is 8.87 Å². The summed E-state index contributed by atoms with van der Waals surface area (Å²) in [6.07, 6.45) is 0. The van der Waals surface area contributed by atoms with Crippen molar-refractivity contribution < 1.29 is 8.42 Å². The van der Waals surface area contributed by atoms with Gasteiger partial charge in [-0.05, 0) is 24.3 Å². The molecule has 0 amide bonds. The maximum absolute atomic E-state index is 12.8. The van der Waals surface area contributed by atoms with Crippen molar-refractivity contribution >= 4 is 27.0 Å². The Labute approximate surface area is 164 Å². The number of hydrogen-bond donors (Lipinski definition) is 0. The van der Waals surface area contributed by atoms with Crippen molar-refractivity contribution in [2.24, 2.45) is 12.0 Å². The highest BCUT2D eigenvalue weighted by Crippen LogP contribution is 2.24. The van der Waals surface area contributed by atoms with Crippen LogP contribution in [0.3, 0.4) is 0 Å². The number of sulfonamides is 1. The molecule has 5 nitrogen and oxygen atoms in total. The quantitative estimate of drug-likeness (QED) is 0.626. The van der Waals surface area contributed by atoms with Crippen LogP contribution in [0.1, 0.15) is 13.8 Å². The Bertz CT molecular complexity index is 1080. The molecule has 0 unspecified atom stereocenters. The lowest BCUT2D eigenvalue weighted by Crippen LogP contribution is -2.30. The van der Waals surface area contributed by atoms with E-state index in [2.05, 4.69) is 4.99 Å². The van der Waals surface area contributed by atoms with E-state index in [9.17, 15) is 8.42 Å². The van der Waals surface area contributed by atoms with Gasteiger partial charge in [-0.3, -0.25) is 0 Å². The number of thiazole rings is 1. The predicted octanol–water partition coefficient (Wildman–Crippen LogP) is 4.02. The standard InChI is InChI=1S/C20H23N3O2S2/c1-4-23(5-2)27(24,25)18-13-9-10-16(14-18)19-15-26-20(22(19)3)21-17-11-7-6-8-12-17/h6-15H,4-5H2,1-3H3. The fourth-order valence-electron chi connectivity index (χ4n) is 2.87. The number of para-hydroxylation sites is 1. The van der Waals surface area contributed by atoms with Gasteiger partial charge >= 0.3 is 0 Å². The van der Waals surface area contributed by atoms with Gasteiger partial charge in [0.1, 0.15) is 0 Å². The Morgan fingerprint density at radius 2 is 1.74 bits per heavy atom. The van der Waals surface area contributed by atoms with Crippen LogP contribution in [0.25, 0.3) is 11.3 Å². The van der Waals surface area contributed by atoms with E-state index in [1.54, 1.807) is 18.2 Å². The lowest BCUT2D eigenvalue weighted by Gasteiger charge is -2.18. The first kappa shape index (κ1) is 19.5.